The quantitative estimate of drug-likeness (QED) is 0.631. The minimum atomic E-state index is -0.450. The normalized spacial score (nSPS) is 15.9. The van der Waals surface area contributed by atoms with Crippen molar-refractivity contribution in [3.63, 3.8) is 0 Å². The molecule has 1 unspecified atom stereocenters. The molecule has 4 nitrogen and oxygen atoms in total. The molecule has 0 aliphatic carbocycles. The smallest absolute Gasteiger partial charge is 0.237 e. The van der Waals surface area contributed by atoms with Gasteiger partial charge in [0, 0.05) is 12.6 Å². The summed E-state index contributed by atoms with van der Waals surface area (Å²) in [5.41, 5.74) is 5.57. The first-order valence-electron chi connectivity index (χ1n) is 5.49. The number of rotatable bonds is 5. The van der Waals surface area contributed by atoms with Crippen LogP contribution in [0.25, 0.3) is 0 Å². The first-order valence-corrected chi connectivity index (χ1v) is 5.49. The zero-order chi connectivity index (χ0) is 12.1. The molecule has 0 bridgehead atoms. The van der Waals surface area contributed by atoms with Crippen molar-refractivity contribution < 1.29 is 9.90 Å². The predicted molar refractivity (Wildman–Crippen MR) is 61.4 cm³/mol. The second kappa shape index (κ2) is 6.08. The average molecular weight is 216 g/mol. The highest BCUT2D eigenvalue weighted by Gasteiger charge is 2.26. The van der Waals surface area contributed by atoms with E-state index < -0.39 is 6.04 Å². The minimum absolute atomic E-state index is 0.0346. The fraction of sp³-hybridized carbons (Fsp3) is 0.909. The summed E-state index contributed by atoms with van der Waals surface area (Å²) in [5.74, 6) is -0.133. The summed E-state index contributed by atoms with van der Waals surface area (Å²) in [4.78, 5) is 11.6. The lowest BCUT2D eigenvalue weighted by Gasteiger charge is -2.31. The average Bonchev–Trinajstić information content (AvgIpc) is 2.14. The van der Waals surface area contributed by atoms with Gasteiger partial charge < -0.3 is 16.2 Å². The van der Waals surface area contributed by atoms with Gasteiger partial charge in [0.1, 0.15) is 0 Å². The molecule has 0 saturated heterocycles. The summed E-state index contributed by atoms with van der Waals surface area (Å²) in [6.45, 7) is 8.05. The Balaban J connectivity index is 4.35. The Morgan fingerprint density at radius 1 is 1.47 bits per heavy atom. The molecule has 1 amide bonds. The summed E-state index contributed by atoms with van der Waals surface area (Å²) < 4.78 is 0. The van der Waals surface area contributed by atoms with Crippen molar-refractivity contribution in [1.82, 2.24) is 5.32 Å². The Hall–Kier alpha value is -0.610. The molecule has 0 saturated carbocycles. The number of amides is 1. The van der Waals surface area contributed by atoms with Crippen LogP contribution in [0.15, 0.2) is 0 Å². The minimum Gasteiger partial charge on any atom is -0.396 e. The van der Waals surface area contributed by atoms with Crippen molar-refractivity contribution >= 4 is 5.91 Å². The van der Waals surface area contributed by atoms with Gasteiger partial charge in [0.25, 0.3) is 0 Å². The van der Waals surface area contributed by atoms with E-state index in [-0.39, 0.29) is 24.0 Å². The highest BCUT2D eigenvalue weighted by Crippen LogP contribution is 2.21. The second-order valence-corrected chi connectivity index (χ2v) is 4.95. The molecule has 4 heteroatoms. The van der Waals surface area contributed by atoms with Crippen LogP contribution in [0, 0.1) is 5.41 Å². The summed E-state index contributed by atoms with van der Waals surface area (Å²) in [5, 5.41) is 11.8. The molecule has 0 aromatic carbocycles. The molecular weight excluding hydrogens is 192 g/mol. The van der Waals surface area contributed by atoms with Gasteiger partial charge in [-0.15, -0.1) is 0 Å². The molecule has 15 heavy (non-hydrogen) atoms. The second-order valence-electron chi connectivity index (χ2n) is 4.95. The van der Waals surface area contributed by atoms with Crippen LogP contribution in [-0.4, -0.2) is 29.7 Å². The Morgan fingerprint density at radius 2 is 2.00 bits per heavy atom. The summed E-state index contributed by atoms with van der Waals surface area (Å²) in [6, 6.07) is -0.485. The third-order valence-corrected chi connectivity index (χ3v) is 2.56. The largest absolute Gasteiger partial charge is 0.396 e. The number of aliphatic hydroxyl groups excluding tert-OH is 1. The van der Waals surface area contributed by atoms with Gasteiger partial charge in [-0.05, 0) is 18.3 Å². The molecule has 0 aliphatic rings. The molecule has 90 valence electrons. The van der Waals surface area contributed by atoms with E-state index in [4.69, 9.17) is 10.8 Å². The fourth-order valence-corrected chi connectivity index (χ4v) is 1.31. The maximum absolute atomic E-state index is 11.6. The number of aliphatic hydroxyl groups is 1. The maximum atomic E-state index is 11.6. The van der Waals surface area contributed by atoms with Crippen molar-refractivity contribution in [1.29, 1.82) is 0 Å². The van der Waals surface area contributed by atoms with E-state index in [9.17, 15) is 4.79 Å². The van der Waals surface area contributed by atoms with Crippen molar-refractivity contribution in [2.24, 2.45) is 11.1 Å². The Labute approximate surface area is 92.2 Å². The van der Waals surface area contributed by atoms with E-state index >= 15 is 0 Å². The first-order chi connectivity index (χ1) is 6.82. The van der Waals surface area contributed by atoms with Gasteiger partial charge in [-0.3, -0.25) is 4.79 Å². The third-order valence-electron chi connectivity index (χ3n) is 2.56. The fourth-order valence-electron chi connectivity index (χ4n) is 1.31. The molecule has 0 aliphatic heterocycles. The van der Waals surface area contributed by atoms with E-state index in [2.05, 4.69) is 5.32 Å². The van der Waals surface area contributed by atoms with Gasteiger partial charge in [-0.25, -0.2) is 0 Å². The maximum Gasteiger partial charge on any atom is 0.237 e. The molecular formula is C11H24N2O2. The van der Waals surface area contributed by atoms with Crippen LogP contribution >= 0.6 is 0 Å². The van der Waals surface area contributed by atoms with Crippen LogP contribution in [0.4, 0.5) is 0 Å². The molecule has 2 atom stereocenters. The van der Waals surface area contributed by atoms with Crippen molar-refractivity contribution in [3.8, 4) is 0 Å². The highest BCUT2D eigenvalue weighted by atomic mass is 16.3. The van der Waals surface area contributed by atoms with E-state index in [1.165, 1.54) is 0 Å². The lowest BCUT2D eigenvalue weighted by Crippen LogP contribution is -2.50. The Kier molecular flexibility index (Phi) is 5.83. The molecule has 0 aromatic heterocycles. The lowest BCUT2D eigenvalue weighted by molar-refractivity contribution is -0.124. The zero-order valence-corrected chi connectivity index (χ0v) is 10.2. The highest BCUT2D eigenvalue weighted by molar-refractivity contribution is 5.81. The standard InChI is InChI=1S/C11H24N2O2/c1-5-8(12)10(15)13-9(6-7-14)11(2,3)4/h8-9,14H,5-7,12H2,1-4H3,(H,13,15)/t8-,9?/m0/s1. The SMILES string of the molecule is CC[C@H](N)C(=O)NC(CCO)C(C)(C)C. The molecule has 0 spiro atoms. The van der Waals surface area contributed by atoms with Crippen LogP contribution in [0.1, 0.15) is 40.5 Å². The van der Waals surface area contributed by atoms with Crippen LogP contribution in [0.2, 0.25) is 0 Å². The van der Waals surface area contributed by atoms with E-state index in [1.54, 1.807) is 0 Å². The van der Waals surface area contributed by atoms with Crippen molar-refractivity contribution in [2.45, 2.75) is 52.6 Å². The van der Waals surface area contributed by atoms with Crippen LogP contribution < -0.4 is 11.1 Å². The predicted octanol–water partition coefficient (Wildman–Crippen LogP) is 0.637. The molecule has 0 rings (SSSR count). The first kappa shape index (κ1) is 14.4. The number of carbonyl (C=O) groups is 1. The third kappa shape index (κ3) is 5.14. The van der Waals surface area contributed by atoms with E-state index in [0.29, 0.717) is 12.8 Å². The molecule has 0 heterocycles. The van der Waals surface area contributed by atoms with Gasteiger partial charge in [0.2, 0.25) is 5.91 Å². The zero-order valence-electron chi connectivity index (χ0n) is 10.2. The van der Waals surface area contributed by atoms with E-state index in [0.717, 1.165) is 0 Å². The van der Waals surface area contributed by atoms with Gasteiger partial charge in [-0.2, -0.15) is 0 Å². The summed E-state index contributed by atoms with van der Waals surface area (Å²) >= 11 is 0. The molecule has 0 fully saturated rings. The van der Waals surface area contributed by atoms with Crippen molar-refractivity contribution in [3.05, 3.63) is 0 Å². The number of hydrogen-bond acceptors (Lipinski definition) is 3. The lowest BCUT2D eigenvalue weighted by atomic mass is 9.84. The van der Waals surface area contributed by atoms with E-state index in [1.807, 2.05) is 27.7 Å². The number of carbonyl (C=O) groups excluding carboxylic acids is 1. The monoisotopic (exact) mass is 216 g/mol. The van der Waals surface area contributed by atoms with Crippen molar-refractivity contribution in [2.75, 3.05) is 6.61 Å². The van der Waals surface area contributed by atoms with Gasteiger partial charge in [0.15, 0.2) is 0 Å². The molecule has 0 aromatic rings. The summed E-state index contributed by atoms with van der Waals surface area (Å²) in [6.07, 6.45) is 1.19. The number of nitrogens with one attached hydrogen (secondary N) is 1. The summed E-state index contributed by atoms with van der Waals surface area (Å²) in [7, 11) is 0. The van der Waals surface area contributed by atoms with Crippen LogP contribution in [0.3, 0.4) is 0 Å². The Bertz CT molecular complexity index is 199. The van der Waals surface area contributed by atoms with Gasteiger partial charge in [-0.1, -0.05) is 27.7 Å². The van der Waals surface area contributed by atoms with Gasteiger partial charge >= 0.3 is 0 Å². The number of nitrogens with two attached hydrogens (primary N) is 1. The topological polar surface area (TPSA) is 75.4 Å². The van der Waals surface area contributed by atoms with Crippen LogP contribution in [0.5, 0.6) is 0 Å². The van der Waals surface area contributed by atoms with Crippen LogP contribution in [-0.2, 0) is 4.79 Å². The van der Waals surface area contributed by atoms with Gasteiger partial charge in [0.05, 0.1) is 6.04 Å². The molecule has 0 radical (unpaired) electrons. The Morgan fingerprint density at radius 3 is 2.33 bits per heavy atom. The molecule has 4 N–H and O–H groups in total. The number of hydrogen-bond donors (Lipinski definition) is 3.